The number of ether oxygens (including phenoxy) is 1. The van der Waals surface area contributed by atoms with Crippen LogP contribution in [-0.2, 0) is 9.59 Å². The number of halogens is 1. The highest BCUT2D eigenvalue weighted by Gasteiger charge is 2.01. The summed E-state index contributed by atoms with van der Waals surface area (Å²) in [7, 11) is 0. The van der Waals surface area contributed by atoms with Crippen LogP contribution < -0.4 is 10.1 Å². The number of carbonyl (C=O) groups is 2. The van der Waals surface area contributed by atoms with Gasteiger partial charge in [0.05, 0.1) is 0 Å². The SMILES string of the molecule is CC(=O)Nc1ccc(OC(=O)/C=C/c2ccc(Cl)cc2)cc1. The number of anilines is 1. The molecule has 0 spiro atoms. The van der Waals surface area contributed by atoms with Crippen LogP contribution in [0.5, 0.6) is 5.75 Å². The summed E-state index contributed by atoms with van der Waals surface area (Å²) in [5.74, 6) is -0.238. The van der Waals surface area contributed by atoms with Gasteiger partial charge in [-0.1, -0.05) is 23.7 Å². The quantitative estimate of drug-likeness (QED) is 0.528. The number of carbonyl (C=O) groups excluding carboxylic acids is 2. The van der Waals surface area contributed by atoms with Crippen molar-refractivity contribution < 1.29 is 14.3 Å². The molecule has 0 saturated heterocycles. The van der Waals surface area contributed by atoms with Crippen molar-refractivity contribution in [3.05, 3.63) is 65.2 Å². The molecular weight excluding hydrogens is 302 g/mol. The zero-order chi connectivity index (χ0) is 15.9. The van der Waals surface area contributed by atoms with Gasteiger partial charge in [0.1, 0.15) is 5.75 Å². The van der Waals surface area contributed by atoms with Crippen molar-refractivity contribution in [1.29, 1.82) is 0 Å². The Labute approximate surface area is 133 Å². The molecular formula is C17H14ClNO3. The Hall–Kier alpha value is -2.59. The Bertz CT molecular complexity index is 691. The predicted molar refractivity (Wildman–Crippen MR) is 86.9 cm³/mol. The van der Waals surface area contributed by atoms with Gasteiger partial charge in [-0.2, -0.15) is 0 Å². The number of benzene rings is 2. The van der Waals surface area contributed by atoms with Crippen LogP contribution in [0.4, 0.5) is 5.69 Å². The van der Waals surface area contributed by atoms with E-state index >= 15 is 0 Å². The maximum atomic E-state index is 11.7. The van der Waals surface area contributed by atoms with Crippen molar-refractivity contribution in [3.8, 4) is 5.75 Å². The maximum Gasteiger partial charge on any atom is 0.336 e. The first-order valence-electron chi connectivity index (χ1n) is 6.56. The van der Waals surface area contributed by atoms with E-state index < -0.39 is 5.97 Å². The fourth-order valence-corrected chi connectivity index (χ4v) is 1.82. The largest absolute Gasteiger partial charge is 0.423 e. The van der Waals surface area contributed by atoms with Crippen LogP contribution in [0.2, 0.25) is 5.02 Å². The lowest BCUT2D eigenvalue weighted by Crippen LogP contribution is -2.06. The number of hydrogen-bond acceptors (Lipinski definition) is 3. The van der Waals surface area contributed by atoms with E-state index in [1.54, 1.807) is 54.6 Å². The summed E-state index contributed by atoms with van der Waals surface area (Å²) in [6, 6.07) is 13.6. The molecule has 2 aromatic carbocycles. The normalized spacial score (nSPS) is 10.5. The van der Waals surface area contributed by atoms with E-state index in [9.17, 15) is 9.59 Å². The first kappa shape index (κ1) is 15.8. The molecule has 0 aliphatic carbocycles. The predicted octanol–water partition coefficient (Wildman–Crippen LogP) is 3.92. The van der Waals surface area contributed by atoms with Gasteiger partial charge in [-0.05, 0) is 48.0 Å². The van der Waals surface area contributed by atoms with Crippen molar-refractivity contribution in [2.24, 2.45) is 0 Å². The van der Waals surface area contributed by atoms with Gasteiger partial charge in [-0.3, -0.25) is 4.79 Å². The molecule has 0 heterocycles. The fraction of sp³-hybridized carbons (Fsp3) is 0.0588. The third kappa shape index (κ3) is 5.07. The first-order valence-corrected chi connectivity index (χ1v) is 6.94. The van der Waals surface area contributed by atoms with Crippen LogP contribution in [0.1, 0.15) is 12.5 Å². The Morgan fingerprint density at radius 2 is 1.68 bits per heavy atom. The van der Waals surface area contributed by atoms with E-state index in [0.717, 1.165) is 5.56 Å². The monoisotopic (exact) mass is 315 g/mol. The Morgan fingerprint density at radius 1 is 1.05 bits per heavy atom. The molecule has 0 atom stereocenters. The van der Waals surface area contributed by atoms with Crippen molar-refractivity contribution in [2.45, 2.75) is 6.92 Å². The van der Waals surface area contributed by atoms with Crippen molar-refractivity contribution in [2.75, 3.05) is 5.32 Å². The van der Waals surface area contributed by atoms with E-state index in [2.05, 4.69) is 5.32 Å². The standard InChI is InChI=1S/C17H14ClNO3/c1-12(20)19-15-7-9-16(10-8-15)22-17(21)11-4-13-2-5-14(18)6-3-13/h2-11H,1H3,(H,19,20)/b11-4+. The summed E-state index contributed by atoms with van der Waals surface area (Å²) in [5, 5.41) is 3.27. The van der Waals surface area contributed by atoms with E-state index in [0.29, 0.717) is 16.5 Å². The molecule has 0 unspecified atom stereocenters. The van der Waals surface area contributed by atoms with Crippen molar-refractivity contribution in [1.82, 2.24) is 0 Å². The molecule has 0 aromatic heterocycles. The van der Waals surface area contributed by atoms with Gasteiger partial charge in [0, 0.05) is 23.7 Å². The molecule has 1 N–H and O–H groups in total. The molecule has 1 amide bonds. The Balaban J connectivity index is 1.94. The molecule has 0 bridgehead atoms. The first-order chi connectivity index (χ1) is 10.5. The van der Waals surface area contributed by atoms with Crippen LogP contribution >= 0.6 is 11.6 Å². The molecule has 4 nitrogen and oxygen atoms in total. The summed E-state index contributed by atoms with van der Waals surface area (Å²) < 4.78 is 5.16. The maximum absolute atomic E-state index is 11.7. The van der Waals surface area contributed by atoms with Gasteiger partial charge in [-0.25, -0.2) is 4.79 Å². The van der Waals surface area contributed by atoms with Gasteiger partial charge < -0.3 is 10.1 Å². The number of hydrogen-bond donors (Lipinski definition) is 1. The smallest absolute Gasteiger partial charge is 0.336 e. The van der Waals surface area contributed by atoms with Gasteiger partial charge in [0.2, 0.25) is 5.91 Å². The highest BCUT2D eigenvalue weighted by Crippen LogP contribution is 2.16. The number of esters is 1. The summed E-state index contributed by atoms with van der Waals surface area (Å²) >= 11 is 5.78. The Morgan fingerprint density at radius 3 is 2.27 bits per heavy atom. The second-order valence-corrected chi connectivity index (χ2v) is 4.95. The minimum atomic E-state index is -0.484. The number of amides is 1. The van der Waals surface area contributed by atoms with Crippen LogP contribution in [0, 0.1) is 0 Å². The van der Waals surface area contributed by atoms with Crippen molar-refractivity contribution >= 4 is 35.2 Å². The molecule has 5 heteroatoms. The average Bonchev–Trinajstić information content (AvgIpc) is 2.48. The molecule has 112 valence electrons. The van der Waals surface area contributed by atoms with E-state index in [-0.39, 0.29) is 5.91 Å². The Kier molecular flexibility index (Phi) is 5.33. The van der Waals surface area contributed by atoms with Crippen molar-refractivity contribution in [3.63, 3.8) is 0 Å². The highest BCUT2D eigenvalue weighted by molar-refractivity contribution is 6.30. The zero-order valence-electron chi connectivity index (χ0n) is 11.9. The lowest BCUT2D eigenvalue weighted by Gasteiger charge is -2.04. The summed E-state index contributed by atoms with van der Waals surface area (Å²) in [6.07, 6.45) is 2.98. The van der Waals surface area contributed by atoms with Gasteiger partial charge in [0.25, 0.3) is 0 Å². The minimum absolute atomic E-state index is 0.157. The number of rotatable bonds is 4. The third-order valence-corrected chi connectivity index (χ3v) is 2.93. The molecule has 2 aromatic rings. The minimum Gasteiger partial charge on any atom is -0.423 e. The van der Waals surface area contributed by atoms with Crippen LogP contribution in [0.15, 0.2) is 54.6 Å². The van der Waals surface area contributed by atoms with E-state index in [4.69, 9.17) is 16.3 Å². The zero-order valence-corrected chi connectivity index (χ0v) is 12.6. The molecule has 22 heavy (non-hydrogen) atoms. The van der Waals surface area contributed by atoms with Gasteiger partial charge >= 0.3 is 5.97 Å². The van der Waals surface area contributed by atoms with E-state index in [1.165, 1.54) is 13.0 Å². The molecule has 0 aliphatic rings. The van der Waals surface area contributed by atoms with Gasteiger partial charge in [0.15, 0.2) is 0 Å². The molecule has 0 radical (unpaired) electrons. The average molecular weight is 316 g/mol. The topological polar surface area (TPSA) is 55.4 Å². The summed E-state index contributed by atoms with van der Waals surface area (Å²) in [6.45, 7) is 1.43. The van der Waals surface area contributed by atoms with Crippen LogP contribution in [0.3, 0.4) is 0 Å². The summed E-state index contributed by atoms with van der Waals surface area (Å²) in [4.78, 5) is 22.6. The molecule has 0 fully saturated rings. The molecule has 2 rings (SSSR count). The third-order valence-electron chi connectivity index (χ3n) is 2.67. The highest BCUT2D eigenvalue weighted by atomic mass is 35.5. The van der Waals surface area contributed by atoms with Crippen LogP contribution in [0.25, 0.3) is 6.08 Å². The lowest BCUT2D eigenvalue weighted by molar-refractivity contribution is -0.128. The van der Waals surface area contributed by atoms with Gasteiger partial charge in [-0.15, -0.1) is 0 Å². The lowest BCUT2D eigenvalue weighted by atomic mass is 10.2. The molecule has 0 saturated carbocycles. The van der Waals surface area contributed by atoms with Crippen LogP contribution in [-0.4, -0.2) is 11.9 Å². The second kappa shape index (κ2) is 7.43. The summed E-state index contributed by atoms with van der Waals surface area (Å²) in [5.41, 5.74) is 1.49. The van der Waals surface area contributed by atoms with E-state index in [1.807, 2.05) is 0 Å². The fourth-order valence-electron chi connectivity index (χ4n) is 1.70. The molecule has 0 aliphatic heterocycles. The second-order valence-electron chi connectivity index (χ2n) is 4.51. The number of nitrogens with one attached hydrogen (secondary N) is 1.